The van der Waals surface area contributed by atoms with E-state index < -0.39 is 5.82 Å². The summed E-state index contributed by atoms with van der Waals surface area (Å²) in [6.45, 7) is 0. The van der Waals surface area contributed by atoms with Gasteiger partial charge >= 0.3 is 0 Å². The van der Waals surface area contributed by atoms with E-state index in [-0.39, 0.29) is 0 Å². The maximum Gasteiger partial charge on any atom is 0.150 e. The van der Waals surface area contributed by atoms with E-state index in [1.54, 1.807) is 12.3 Å². The number of hydrogen-bond donors (Lipinski definition) is 0. The Kier molecular flexibility index (Phi) is 3.91. The van der Waals surface area contributed by atoms with Gasteiger partial charge in [0.2, 0.25) is 0 Å². The Morgan fingerprint density at radius 3 is 2.76 bits per heavy atom. The third kappa shape index (κ3) is 3.38. The molecule has 5 heteroatoms. The summed E-state index contributed by atoms with van der Waals surface area (Å²) in [7, 11) is 0. The SMILES string of the molecule is O=Cc1cc(F)cc(Sc2ccc(Br)cn2)c1. The lowest BCUT2D eigenvalue weighted by atomic mass is 10.2. The van der Waals surface area contributed by atoms with Crippen LogP contribution < -0.4 is 0 Å². The van der Waals surface area contributed by atoms with E-state index >= 15 is 0 Å². The van der Waals surface area contributed by atoms with Gasteiger partial charge in [0, 0.05) is 21.1 Å². The van der Waals surface area contributed by atoms with Crippen molar-refractivity contribution in [3.8, 4) is 0 Å². The van der Waals surface area contributed by atoms with Gasteiger partial charge in [0.25, 0.3) is 0 Å². The zero-order chi connectivity index (χ0) is 12.3. The van der Waals surface area contributed by atoms with Gasteiger partial charge in [0.15, 0.2) is 0 Å². The van der Waals surface area contributed by atoms with Gasteiger partial charge in [0.1, 0.15) is 17.1 Å². The number of aromatic nitrogens is 1. The van der Waals surface area contributed by atoms with Crippen LogP contribution in [0.2, 0.25) is 0 Å². The fourth-order valence-corrected chi connectivity index (χ4v) is 2.34. The molecule has 1 aromatic carbocycles. The maximum absolute atomic E-state index is 13.2. The number of rotatable bonds is 3. The topological polar surface area (TPSA) is 30.0 Å². The lowest BCUT2D eigenvalue weighted by Crippen LogP contribution is -1.85. The molecule has 17 heavy (non-hydrogen) atoms. The number of halogens is 2. The Hall–Kier alpha value is -1.20. The van der Waals surface area contributed by atoms with Crippen molar-refractivity contribution >= 4 is 34.0 Å². The van der Waals surface area contributed by atoms with E-state index in [1.807, 2.05) is 12.1 Å². The highest BCUT2D eigenvalue weighted by atomic mass is 79.9. The second kappa shape index (κ2) is 5.42. The number of benzene rings is 1. The molecule has 0 bridgehead atoms. The van der Waals surface area contributed by atoms with Crippen molar-refractivity contribution in [2.45, 2.75) is 9.92 Å². The first kappa shape index (κ1) is 12.3. The summed E-state index contributed by atoms with van der Waals surface area (Å²) in [6, 6.07) is 7.88. The van der Waals surface area contributed by atoms with E-state index in [1.165, 1.54) is 23.9 Å². The molecule has 2 rings (SSSR count). The Bertz CT molecular complexity index is 545. The zero-order valence-corrected chi connectivity index (χ0v) is 11.0. The molecule has 1 aromatic heterocycles. The number of carbonyl (C=O) groups excluding carboxylic acids is 1. The van der Waals surface area contributed by atoms with Crippen LogP contribution in [0.3, 0.4) is 0 Å². The van der Waals surface area contributed by atoms with E-state index in [0.29, 0.717) is 16.7 Å². The first-order valence-electron chi connectivity index (χ1n) is 4.72. The standard InChI is InChI=1S/C12H7BrFNOS/c13-9-1-2-12(15-6-9)17-11-4-8(7-16)3-10(14)5-11/h1-7H. The second-order valence-electron chi connectivity index (χ2n) is 3.25. The average molecular weight is 312 g/mol. The van der Waals surface area contributed by atoms with Crippen LogP contribution in [0, 0.1) is 5.82 Å². The van der Waals surface area contributed by atoms with E-state index in [4.69, 9.17) is 0 Å². The molecular formula is C12H7BrFNOS. The minimum absolute atomic E-state index is 0.324. The van der Waals surface area contributed by atoms with E-state index in [2.05, 4.69) is 20.9 Å². The van der Waals surface area contributed by atoms with Crippen LogP contribution in [0.25, 0.3) is 0 Å². The number of carbonyl (C=O) groups is 1. The normalized spacial score (nSPS) is 10.2. The van der Waals surface area contributed by atoms with Gasteiger partial charge in [-0.1, -0.05) is 11.8 Å². The predicted octanol–water partition coefficient (Wildman–Crippen LogP) is 3.95. The summed E-state index contributed by atoms with van der Waals surface area (Å²) in [5.74, 6) is -0.422. The molecule has 0 aliphatic heterocycles. The third-order valence-corrected chi connectivity index (χ3v) is 3.34. The first-order valence-corrected chi connectivity index (χ1v) is 6.33. The predicted molar refractivity (Wildman–Crippen MR) is 67.8 cm³/mol. The molecule has 0 saturated heterocycles. The van der Waals surface area contributed by atoms with Crippen LogP contribution >= 0.6 is 27.7 Å². The minimum Gasteiger partial charge on any atom is -0.298 e. The van der Waals surface area contributed by atoms with Crippen LogP contribution in [0.5, 0.6) is 0 Å². The molecule has 0 saturated carbocycles. The van der Waals surface area contributed by atoms with Crippen LogP contribution in [0.4, 0.5) is 4.39 Å². The van der Waals surface area contributed by atoms with E-state index in [9.17, 15) is 9.18 Å². The van der Waals surface area contributed by atoms with Gasteiger partial charge in [-0.05, 0) is 46.3 Å². The van der Waals surface area contributed by atoms with Gasteiger partial charge in [0.05, 0.1) is 0 Å². The van der Waals surface area contributed by atoms with Crippen molar-refractivity contribution in [3.63, 3.8) is 0 Å². The smallest absolute Gasteiger partial charge is 0.150 e. The van der Waals surface area contributed by atoms with Crippen LogP contribution in [-0.4, -0.2) is 11.3 Å². The fraction of sp³-hybridized carbons (Fsp3) is 0. The van der Waals surface area contributed by atoms with Gasteiger partial charge in [-0.15, -0.1) is 0 Å². The molecule has 0 unspecified atom stereocenters. The number of hydrogen-bond acceptors (Lipinski definition) is 3. The van der Waals surface area contributed by atoms with Gasteiger partial charge in [-0.3, -0.25) is 4.79 Å². The molecule has 0 amide bonds. The Labute approximate surface area is 110 Å². The molecule has 2 nitrogen and oxygen atoms in total. The van der Waals surface area contributed by atoms with Crippen molar-refractivity contribution in [1.82, 2.24) is 4.98 Å². The summed E-state index contributed by atoms with van der Waals surface area (Å²) in [5.41, 5.74) is 0.324. The molecular weight excluding hydrogens is 305 g/mol. The van der Waals surface area contributed by atoms with Crippen LogP contribution in [0.15, 0.2) is 50.9 Å². The Morgan fingerprint density at radius 1 is 1.29 bits per heavy atom. The average Bonchev–Trinajstić information content (AvgIpc) is 2.31. The molecule has 1 heterocycles. The second-order valence-corrected chi connectivity index (χ2v) is 5.26. The highest BCUT2D eigenvalue weighted by Crippen LogP contribution is 2.27. The van der Waals surface area contributed by atoms with Gasteiger partial charge < -0.3 is 0 Å². The molecule has 0 aliphatic carbocycles. The van der Waals surface area contributed by atoms with Crippen LogP contribution in [-0.2, 0) is 0 Å². The molecule has 0 atom stereocenters. The molecule has 0 aliphatic rings. The monoisotopic (exact) mass is 311 g/mol. The lowest BCUT2D eigenvalue weighted by Gasteiger charge is -2.02. The zero-order valence-electron chi connectivity index (χ0n) is 8.56. The number of aldehydes is 1. The maximum atomic E-state index is 13.2. The summed E-state index contributed by atoms with van der Waals surface area (Å²) in [6.07, 6.45) is 2.30. The molecule has 86 valence electrons. The van der Waals surface area contributed by atoms with Crippen LogP contribution in [0.1, 0.15) is 10.4 Å². The third-order valence-electron chi connectivity index (χ3n) is 1.95. The summed E-state index contributed by atoms with van der Waals surface area (Å²) < 4.78 is 14.1. The quantitative estimate of drug-likeness (QED) is 0.804. The van der Waals surface area contributed by atoms with Crippen molar-refractivity contribution in [1.29, 1.82) is 0 Å². The van der Waals surface area contributed by atoms with Crippen molar-refractivity contribution in [2.24, 2.45) is 0 Å². The Balaban J connectivity index is 2.26. The highest BCUT2D eigenvalue weighted by molar-refractivity contribution is 9.10. The van der Waals surface area contributed by atoms with Crippen molar-refractivity contribution in [3.05, 3.63) is 52.4 Å². The fourth-order valence-electron chi connectivity index (χ4n) is 1.25. The minimum atomic E-state index is -0.422. The summed E-state index contributed by atoms with van der Waals surface area (Å²) in [5, 5.41) is 0.746. The molecule has 0 N–H and O–H groups in total. The van der Waals surface area contributed by atoms with E-state index in [0.717, 1.165) is 9.50 Å². The Morgan fingerprint density at radius 2 is 2.12 bits per heavy atom. The highest BCUT2D eigenvalue weighted by Gasteiger charge is 2.03. The molecule has 2 aromatic rings. The molecule has 0 radical (unpaired) electrons. The van der Waals surface area contributed by atoms with Gasteiger partial charge in [-0.2, -0.15) is 0 Å². The van der Waals surface area contributed by atoms with Crippen molar-refractivity contribution < 1.29 is 9.18 Å². The van der Waals surface area contributed by atoms with Gasteiger partial charge in [-0.25, -0.2) is 9.37 Å². The first-order chi connectivity index (χ1) is 8.17. The molecule has 0 spiro atoms. The summed E-state index contributed by atoms with van der Waals surface area (Å²) in [4.78, 5) is 15.4. The molecule has 0 fully saturated rings. The number of nitrogens with zero attached hydrogens (tertiary/aromatic N) is 1. The number of pyridine rings is 1. The lowest BCUT2D eigenvalue weighted by molar-refractivity contribution is 0.112. The van der Waals surface area contributed by atoms with Crippen molar-refractivity contribution in [2.75, 3.05) is 0 Å². The largest absolute Gasteiger partial charge is 0.298 e. The summed E-state index contributed by atoms with van der Waals surface area (Å²) >= 11 is 4.60.